The predicted octanol–water partition coefficient (Wildman–Crippen LogP) is 3.20. The van der Waals surface area contributed by atoms with Crippen molar-refractivity contribution in [1.82, 2.24) is 0 Å². The Morgan fingerprint density at radius 2 is 1.77 bits per heavy atom. The highest BCUT2D eigenvalue weighted by Gasteiger charge is 2.11. The van der Waals surface area contributed by atoms with E-state index >= 15 is 0 Å². The maximum absolute atomic E-state index is 11.8. The number of benzene rings is 1. The molecule has 0 atom stereocenters. The van der Waals surface area contributed by atoms with Gasteiger partial charge >= 0.3 is 6.61 Å². The molecule has 0 aromatic heterocycles. The monoisotopic (exact) mass is 412 g/mol. The summed E-state index contributed by atoms with van der Waals surface area (Å²) in [5.74, 6) is -0.468. The van der Waals surface area contributed by atoms with Gasteiger partial charge in [-0.25, -0.2) is 0 Å². The summed E-state index contributed by atoms with van der Waals surface area (Å²) >= 11 is 3.96. The first-order valence-electron chi connectivity index (χ1n) is 3.13. The van der Waals surface area contributed by atoms with Gasteiger partial charge in [0.25, 0.3) is 0 Å². The molecule has 0 fully saturated rings. The molecule has 6 heteroatoms. The second-order valence-corrected chi connectivity index (χ2v) is 4.44. The quantitative estimate of drug-likeness (QED) is 0.757. The van der Waals surface area contributed by atoms with Crippen LogP contribution in [0.3, 0.4) is 0 Å². The van der Waals surface area contributed by atoms with Gasteiger partial charge in [0.1, 0.15) is 0 Å². The standard InChI is InChI=1S/C7H4F2I2O2/c8-7(9)13-6-2-4(11)3(10)1-5(6)12/h1-2,7,12H. The molecule has 0 aliphatic carbocycles. The molecule has 0 radical (unpaired) electrons. The van der Waals surface area contributed by atoms with Crippen molar-refractivity contribution in [2.45, 2.75) is 6.61 Å². The van der Waals surface area contributed by atoms with Gasteiger partial charge in [0.2, 0.25) is 0 Å². The largest absolute Gasteiger partial charge is 0.504 e. The molecule has 2 nitrogen and oxygen atoms in total. The molecule has 0 saturated carbocycles. The van der Waals surface area contributed by atoms with Crippen molar-refractivity contribution < 1.29 is 18.6 Å². The van der Waals surface area contributed by atoms with Gasteiger partial charge in [-0.1, -0.05) is 0 Å². The van der Waals surface area contributed by atoms with Crippen LogP contribution in [0.5, 0.6) is 11.5 Å². The van der Waals surface area contributed by atoms with Crippen LogP contribution in [0.25, 0.3) is 0 Å². The number of phenolic OH excluding ortho intramolecular Hbond substituents is 1. The molecule has 0 heterocycles. The van der Waals surface area contributed by atoms with Gasteiger partial charge in [0.05, 0.1) is 0 Å². The number of ether oxygens (including phenoxy) is 1. The van der Waals surface area contributed by atoms with Gasteiger partial charge < -0.3 is 9.84 Å². The number of halogens is 4. The first-order valence-corrected chi connectivity index (χ1v) is 5.29. The molecule has 13 heavy (non-hydrogen) atoms. The Hall–Kier alpha value is 0.140. The second kappa shape index (κ2) is 4.58. The molecule has 0 saturated heterocycles. The minimum Gasteiger partial charge on any atom is -0.504 e. The van der Waals surface area contributed by atoms with Crippen LogP contribution in [0.4, 0.5) is 8.78 Å². The summed E-state index contributed by atoms with van der Waals surface area (Å²) in [4.78, 5) is 0. The Labute approximate surface area is 101 Å². The third-order valence-electron chi connectivity index (χ3n) is 1.22. The number of hydrogen-bond donors (Lipinski definition) is 1. The zero-order valence-electron chi connectivity index (χ0n) is 6.10. The molecule has 1 rings (SSSR count). The van der Waals surface area contributed by atoms with E-state index in [4.69, 9.17) is 0 Å². The van der Waals surface area contributed by atoms with E-state index in [1.165, 1.54) is 12.1 Å². The van der Waals surface area contributed by atoms with Gasteiger partial charge in [0, 0.05) is 7.14 Å². The predicted molar refractivity (Wildman–Crippen MR) is 60.2 cm³/mol. The zero-order valence-corrected chi connectivity index (χ0v) is 10.4. The topological polar surface area (TPSA) is 29.5 Å². The Morgan fingerprint density at radius 3 is 2.31 bits per heavy atom. The fraction of sp³-hybridized carbons (Fsp3) is 0.143. The highest BCUT2D eigenvalue weighted by Crippen LogP contribution is 2.32. The first kappa shape index (κ1) is 11.2. The number of rotatable bonds is 2. The van der Waals surface area contributed by atoms with Gasteiger partial charge in [-0.3, -0.25) is 0 Å². The van der Waals surface area contributed by atoms with E-state index in [2.05, 4.69) is 4.74 Å². The van der Waals surface area contributed by atoms with Crippen molar-refractivity contribution in [2.24, 2.45) is 0 Å². The maximum Gasteiger partial charge on any atom is 0.387 e. The van der Waals surface area contributed by atoms with Crippen molar-refractivity contribution >= 4 is 45.2 Å². The van der Waals surface area contributed by atoms with Crippen molar-refractivity contribution in [3.8, 4) is 11.5 Å². The summed E-state index contributed by atoms with van der Waals surface area (Å²) in [7, 11) is 0. The highest BCUT2D eigenvalue weighted by molar-refractivity contribution is 14.1. The number of hydrogen-bond acceptors (Lipinski definition) is 2. The van der Waals surface area contributed by atoms with E-state index in [0.717, 1.165) is 7.14 Å². The highest BCUT2D eigenvalue weighted by atomic mass is 127. The normalized spacial score (nSPS) is 10.5. The Morgan fingerprint density at radius 1 is 1.23 bits per heavy atom. The summed E-state index contributed by atoms with van der Waals surface area (Å²) in [6.45, 7) is -2.92. The van der Waals surface area contributed by atoms with Crippen LogP contribution in [0.1, 0.15) is 0 Å². The van der Waals surface area contributed by atoms with Crippen molar-refractivity contribution in [1.29, 1.82) is 0 Å². The molecule has 0 spiro atoms. The fourth-order valence-electron chi connectivity index (χ4n) is 0.708. The second-order valence-electron chi connectivity index (χ2n) is 2.11. The van der Waals surface area contributed by atoms with Crippen molar-refractivity contribution in [3.05, 3.63) is 19.3 Å². The van der Waals surface area contributed by atoms with Crippen molar-refractivity contribution in [2.75, 3.05) is 0 Å². The number of phenols is 1. The van der Waals surface area contributed by atoms with Gasteiger partial charge in [-0.05, 0) is 57.3 Å². The molecule has 0 aliphatic rings. The molecular formula is C7H4F2I2O2. The third-order valence-corrected chi connectivity index (χ3v) is 4.03. The van der Waals surface area contributed by atoms with Crippen LogP contribution in [-0.4, -0.2) is 11.7 Å². The SMILES string of the molecule is Oc1cc(I)c(I)cc1OC(F)F. The number of aromatic hydroxyl groups is 1. The van der Waals surface area contributed by atoms with Gasteiger partial charge in [-0.15, -0.1) is 0 Å². The summed E-state index contributed by atoms with van der Waals surface area (Å²) in [5.41, 5.74) is 0. The average Bonchev–Trinajstić information content (AvgIpc) is 1.99. The molecule has 72 valence electrons. The molecule has 1 aromatic rings. The van der Waals surface area contributed by atoms with E-state index in [-0.39, 0.29) is 11.5 Å². The van der Waals surface area contributed by atoms with Gasteiger partial charge in [-0.2, -0.15) is 8.78 Å². The van der Waals surface area contributed by atoms with Crippen LogP contribution < -0.4 is 4.74 Å². The maximum atomic E-state index is 11.8. The molecule has 0 aliphatic heterocycles. The molecule has 1 N–H and O–H groups in total. The lowest BCUT2D eigenvalue weighted by Gasteiger charge is -2.07. The van der Waals surface area contributed by atoms with Crippen LogP contribution in [0.15, 0.2) is 12.1 Å². The van der Waals surface area contributed by atoms with E-state index in [1.54, 1.807) is 0 Å². The molecular weight excluding hydrogens is 408 g/mol. The lowest BCUT2D eigenvalue weighted by Crippen LogP contribution is -2.02. The summed E-state index contributed by atoms with van der Waals surface area (Å²) in [6, 6.07) is 2.74. The van der Waals surface area contributed by atoms with Crippen LogP contribution in [0.2, 0.25) is 0 Å². The Bertz CT molecular complexity index is 318. The van der Waals surface area contributed by atoms with Gasteiger partial charge in [0.15, 0.2) is 11.5 Å². The summed E-state index contributed by atoms with van der Waals surface area (Å²) in [6.07, 6.45) is 0. The fourth-order valence-corrected chi connectivity index (χ4v) is 1.60. The van der Waals surface area contributed by atoms with E-state index < -0.39 is 6.61 Å². The van der Waals surface area contributed by atoms with Crippen LogP contribution >= 0.6 is 45.2 Å². The minimum absolute atomic E-state index is 0.195. The lowest BCUT2D eigenvalue weighted by molar-refractivity contribution is -0.0513. The van der Waals surface area contributed by atoms with Crippen LogP contribution in [0, 0.1) is 7.14 Å². The first-order chi connectivity index (χ1) is 6.00. The summed E-state index contributed by atoms with van der Waals surface area (Å²) in [5, 5.41) is 9.20. The smallest absolute Gasteiger partial charge is 0.387 e. The van der Waals surface area contributed by atoms with Crippen molar-refractivity contribution in [3.63, 3.8) is 0 Å². The zero-order chi connectivity index (χ0) is 10.0. The van der Waals surface area contributed by atoms with Crippen LogP contribution in [-0.2, 0) is 0 Å². The Balaban J connectivity index is 3.01. The molecule has 0 unspecified atom stereocenters. The average molecular weight is 412 g/mol. The molecule has 0 amide bonds. The minimum atomic E-state index is -2.92. The molecule has 0 bridgehead atoms. The van der Waals surface area contributed by atoms with E-state index in [9.17, 15) is 13.9 Å². The Kier molecular flexibility index (Phi) is 3.95. The number of alkyl halides is 2. The van der Waals surface area contributed by atoms with E-state index in [1.807, 2.05) is 45.2 Å². The third kappa shape index (κ3) is 3.08. The van der Waals surface area contributed by atoms with E-state index in [0.29, 0.717) is 0 Å². The summed E-state index contributed by atoms with van der Waals surface area (Å²) < 4.78 is 29.2. The lowest BCUT2D eigenvalue weighted by atomic mass is 10.3. The molecule has 1 aromatic carbocycles.